The smallest absolute Gasteiger partial charge is 0.315 e. The highest BCUT2D eigenvalue weighted by atomic mass is 16.5. The van der Waals surface area contributed by atoms with Gasteiger partial charge in [-0.2, -0.15) is 0 Å². The van der Waals surface area contributed by atoms with Crippen LogP contribution < -0.4 is 9.47 Å². The van der Waals surface area contributed by atoms with Crippen molar-refractivity contribution < 1.29 is 23.9 Å². The van der Waals surface area contributed by atoms with Gasteiger partial charge in [-0.25, -0.2) is 0 Å². The Kier molecular flexibility index (Phi) is 3.91. The van der Waals surface area contributed by atoms with Gasteiger partial charge >= 0.3 is 5.97 Å². The molecule has 7 nitrogen and oxygen atoms in total. The van der Waals surface area contributed by atoms with Crippen LogP contribution >= 0.6 is 0 Å². The third-order valence-electron chi connectivity index (χ3n) is 5.68. The van der Waals surface area contributed by atoms with E-state index in [1.807, 2.05) is 32.0 Å². The van der Waals surface area contributed by atoms with Crippen LogP contribution in [0.4, 0.5) is 0 Å². The molecule has 7 heteroatoms. The van der Waals surface area contributed by atoms with E-state index in [-0.39, 0.29) is 12.5 Å². The Balaban J connectivity index is 1.70. The summed E-state index contributed by atoms with van der Waals surface area (Å²) in [4.78, 5) is 14.4. The van der Waals surface area contributed by atoms with Gasteiger partial charge in [0.15, 0.2) is 11.5 Å². The van der Waals surface area contributed by atoms with E-state index < -0.39 is 11.4 Å². The molecule has 1 aromatic carbocycles. The summed E-state index contributed by atoms with van der Waals surface area (Å²) < 4.78 is 16.5. The molecular weight excluding hydrogens is 336 g/mol. The number of benzene rings is 1. The van der Waals surface area contributed by atoms with Gasteiger partial charge in [0.2, 0.25) is 0 Å². The summed E-state index contributed by atoms with van der Waals surface area (Å²) in [5, 5.41) is 14.0. The molecule has 0 radical (unpaired) electrons. The molecule has 3 heterocycles. The molecule has 26 heavy (non-hydrogen) atoms. The number of hydrogen-bond donors (Lipinski definition) is 1. The molecule has 0 saturated carbocycles. The van der Waals surface area contributed by atoms with Crippen molar-refractivity contribution in [3.05, 3.63) is 40.8 Å². The molecular formula is C19H22N2O5. The quantitative estimate of drug-likeness (QED) is 0.898. The first kappa shape index (κ1) is 16.9. The highest BCUT2D eigenvalue weighted by Crippen LogP contribution is 2.52. The minimum Gasteiger partial charge on any atom is -0.493 e. The van der Waals surface area contributed by atoms with Crippen LogP contribution in [0.15, 0.2) is 22.7 Å². The van der Waals surface area contributed by atoms with Gasteiger partial charge in [-0.05, 0) is 19.9 Å². The minimum atomic E-state index is -0.960. The summed E-state index contributed by atoms with van der Waals surface area (Å²) in [6, 6.07) is 5.66. The van der Waals surface area contributed by atoms with Gasteiger partial charge in [-0.1, -0.05) is 17.3 Å². The summed E-state index contributed by atoms with van der Waals surface area (Å²) in [5.41, 5.74) is 1.81. The van der Waals surface area contributed by atoms with Gasteiger partial charge in [-0.15, -0.1) is 0 Å². The molecule has 1 N–H and O–H groups in total. The standard InChI is InChI=1S/C19H22N2O5/c1-11-14(12(2)26-20-11)7-21-8-15-13-5-4-6-16(24-3)17(13)25-10-19(15,9-21)18(22)23/h4-6,15H,7-10H2,1-3H3,(H,22,23)/t15-,19-/m1/s1. The van der Waals surface area contributed by atoms with Crippen molar-refractivity contribution in [3.63, 3.8) is 0 Å². The van der Waals surface area contributed by atoms with Gasteiger partial charge in [0.05, 0.1) is 12.8 Å². The Morgan fingerprint density at radius 2 is 2.27 bits per heavy atom. The molecule has 0 aliphatic carbocycles. The number of rotatable bonds is 4. The van der Waals surface area contributed by atoms with Crippen molar-refractivity contribution in [2.45, 2.75) is 26.3 Å². The molecule has 0 spiro atoms. The van der Waals surface area contributed by atoms with E-state index in [2.05, 4.69) is 10.1 Å². The van der Waals surface area contributed by atoms with E-state index >= 15 is 0 Å². The maximum atomic E-state index is 12.2. The Labute approximate surface area is 151 Å². The Bertz CT molecular complexity index is 842. The van der Waals surface area contributed by atoms with E-state index in [4.69, 9.17) is 14.0 Å². The van der Waals surface area contributed by atoms with Crippen LogP contribution in [0.5, 0.6) is 11.5 Å². The van der Waals surface area contributed by atoms with Gasteiger partial charge in [-0.3, -0.25) is 9.69 Å². The molecule has 1 saturated heterocycles. The number of para-hydroxylation sites is 1. The van der Waals surface area contributed by atoms with Crippen molar-refractivity contribution in [1.82, 2.24) is 10.1 Å². The maximum absolute atomic E-state index is 12.2. The molecule has 2 aromatic rings. The minimum absolute atomic E-state index is 0.137. The van der Waals surface area contributed by atoms with Crippen LogP contribution in [-0.2, 0) is 11.3 Å². The summed E-state index contributed by atoms with van der Waals surface area (Å²) in [6.07, 6.45) is 0. The molecule has 0 amide bonds. The lowest BCUT2D eigenvalue weighted by molar-refractivity contribution is -0.151. The number of aliphatic carboxylic acids is 1. The fourth-order valence-corrected chi connectivity index (χ4v) is 4.22. The number of nitrogens with zero attached hydrogens (tertiary/aromatic N) is 2. The molecule has 4 rings (SSSR count). The molecule has 0 unspecified atom stereocenters. The zero-order valence-corrected chi connectivity index (χ0v) is 15.1. The molecule has 2 aliphatic rings. The number of carboxylic acids is 1. The lowest BCUT2D eigenvalue weighted by Crippen LogP contribution is -2.45. The monoisotopic (exact) mass is 358 g/mol. The summed E-state index contributed by atoms with van der Waals surface area (Å²) in [6.45, 7) is 5.61. The second-order valence-corrected chi connectivity index (χ2v) is 7.15. The van der Waals surface area contributed by atoms with Crippen molar-refractivity contribution in [1.29, 1.82) is 0 Å². The van der Waals surface area contributed by atoms with Crippen molar-refractivity contribution in [2.75, 3.05) is 26.8 Å². The summed E-state index contributed by atoms with van der Waals surface area (Å²) >= 11 is 0. The van der Waals surface area contributed by atoms with E-state index in [1.54, 1.807) is 7.11 Å². The fourth-order valence-electron chi connectivity index (χ4n) is 4.22. The molecule has 138 valence electrons. The van der Waals surface area contributed by atoms with E-state index in [1.165, 1.54) is 0 Å². The van der Waals surface area contributed by atoms with E-state index in [0.717, 1.165) is 22.6 Å². The second kappa shape index (κ2) is 6.02. The average molecular weight is 358 g/mol. The largest absolute Gasteiger partial charge is 0.493 e. The Morgan fingerprint density at radius 3 is 2.92 bits per heavy atom. The summed E-state index contributed by atoms with van der Waals surface area (Å²) in [5.74, 6) is 1.11. The summed E-state index contributed by atoms with van der Waals surface area (Å²) in [7, 11) is 1.59. The third-order valence-corrected chi connectivity index (χ3v) is 5.68. The van der Waals surface area contributed by atoms with Crippen LogP contribution in [0, 0.1) is 19.3 Å². The van der Waals surface area contributed by atoms with Gasteiger partial charge in [0.1, 0.15) is 17.8 Å². The molecule has 0 bridgehead atoms. The van der Waals surface area contributed by atoms with Crippen LogP contribution in [0.2, 0.25) is 0 Å². The van der Waals surface area contributed by atoms with Crippen molar-refractivity contribution in [2.24, 2.45) is 5.41 Å². The molecule has 1 fully saturated rings. The topological polar surface area (TPSA) is 85.0 Å². The van der Waals surface area contributed by atoms with E-state index in [9.17, 15) is 9.90 Å². The first-order valence-corrected chi connectivity index (χ1v) is 8.63. The predicted octanol–water partition coefficient (Wildman–Crippen LogP) is 2.36. The first-order valence-electron chi connectivity index (χ1n) is 8.63. The lowest BCUT2D eigenvalue weighted by Gasteiger charge is -2.36. The fraction of sp³-hybridized carbons (Fsp3) is 0.474. The van der Waals surface area contributed by atoms with E-state index in [0.29, 0.717) is 31.1 Å². The number of fused-ring (bicyclic) bond motifs is 3. The zero-order chi connectivity index (χ0) is 18.5. The van der Waals surface area contributed by atoms with Crippen LogP contribution in [0.3, 0.4) is 0 Å². The van der Waals surface area contributed by atoms with Crippen LogP contribution in [0.25, 0.3) is 0 Å². The number of methoxy groups -OCH3 is 1. The van der Waals surface area contributed by atoms with Gasteiger partial charge in [0, 0.05) is 36.7 Å². The zero-order valence-electron chi connectivity index (χ0n) is 15.1. The van der Waals surface area contributed by atoms with Crippen LogP contribution in [-0.4, -0.2) is 47.9 Å². The number of carboxylic acid groups (broad SMARTS) is 1. The number of carbonyl (C=O) groups is 1. The highest BCUT2D eigenvalue weighted by molar-refractivity contribution is 5.79. The Hall–Kier alpha value is -2.54. The van der Waals surface area contributed by atoms with Crippen LogP contribution in [0.1, 0.15) is 28.5 Å². The van der Waals surface area contributed by atoms with Gasteiger partial charge in [0.25, 0.3) is 0 Å². The maximum Gasteiger partial charge on any atom is 0.315 e. The second-order valence-electron chi connectivity index (χ2n) is 7.15. The average Bonchev–Trinajstić information content (AvgIpc) is 3.17. The number of aryl methyl sites for hydroxylation is 2. The lowest BCUT2D eigenvalue weighted by atomic mass is 9.73. The third kappa shape index (κ3) is 2.38. The van der Waals surface area contributed by atoms with Crippen molar-refractivity contribution in [3.8, 4) is 11.5 Å². The Morgan fingerprint density at radius 1 is 1.46 bits per heavy atom. The predicted molar refractivity (Wildman–Crippen MR) is 92.6 cm³/mol. The first-order chi connectivity index (χ1) is 12.5. The number of likely N-dealkylation sites (tertiary alicyclic amines) is 1. The highest BCUT2D eigenvalue weighted by Gasteiger charge is 2.57. The number of aromatic nitrogens is 1. The molecule has 2 atom stereocenters. The SMILES string of the molecule is COc1cccc2c1OC[C@]1(C(=O)O)CN(Cc3c(C)noc3C)C[C@H]21. The number of ether oxygens (including phenoxy) is 2. The molecule has 2 aliphatic heterocycles. The normalized spacial score (nSPS) is 24.7. The number of hydrogen-bond acceptors (Lipinski definition) is 6. The van der Waals surface area contributed by atoms with Gasteiger partial charge < -0.3 is 19.1 Å². The molecule has 1 aromatic heterocycles. The van der Waals surface area contributed by atoms with Crippen molar-refractivity contribution >= 4 is 5.97 Å².